The first kappa shape index (κ1) is 6.98. The van der Waals surface area contributed by atoms with Crippen molar-refractivity contribution in [3.05, 3.63) is 0 Å². The van der Waals surface area contributed by atoms with Crippen LogP contribution in [0.1, 0.15) is 0 Å². The van der Waals surface area contributed by atoms with Crippen molar-refractivity contribution in [2.45, 2.75) is 5.63 Å². The number of oxime groups is 1. The van der Waals surface area contributed by atoms with Crippen molar-refractivity contribution < 1.29 is 9.60 Å². The third-order valence-corrected chi connectivity index (χ3v) is 0.861. The molecule has 0 rings (SSSR count). The molecule has 0 aromatic heterocycles. The lowest BCUT2D eigenvalue weighted by Gasteiger charge is -1.87. The lowest BCUT2D eigenvalue weighted by Crippen LogP contribution is -1.98. The topological polar surface area (TPSA) is 32.6 Å². The first-order valence-corrected chi connectivity index (χ1v) is 2.15. The summed E-state index contributed by atoms with van der Waals surface area (Å²) in [7, 11) is 0. The molecule has 1 unspecified atom stereocenters. The van der Waals surface area contributed by atoms with Crippen LogP contribution in [0.25, 0.3) is 0 Å². The lowest BCUT2D eigenvalue weighted by atomic mass is 10.8. The Morgan fingerprint density at radius 1 is 1.86 bits per heavy atom. The van der Waals surface area contributed by atoms with Gasteiger partial charge in [-0.1, -0.05) is 28.4 Å². The normalized spacial score (nSPS) is 16.7. The number of hydrogen-bond donors (Lipinski definition) is 1. The van der Waals surface area contributed by atoms with Gasteiger partial charge in [0.2, 0.25) is 5.63 Å². The van der Waals surface area contributed by atoms with Gasteiger partial charge in [-0.3, -0.25) is 0 Å². The maximum absolute atomic E-state index is 11.4. The van der Waals surface area contributed by atoms with Crippen molar-refractivity contribution in [1.82, 2.24) is 0 Å². The van der Waals surface area contributed by atoms with Crippen molar-refractivity contribution in [1.29, 1.82) is 0 Å². The Morgan fingerprint density at radius 3 is 2.29 bits per heavy atom. The van der Waals surface area contributed by atoms with Crippen LogP contribution in [0.15, 0.2) is 5.16 Å². The predicted octanol–water partition coefficient (Wildman–Crippen LogP) is 1.55. The summed E-state index contributed by atoms with van der Waals surface area (Å²) in [6.45, 7) is 0. The minimum Gasteiger partial charge on any atom is -0.410 e. The smallest absolute Gasteiger partial charge is 0.229 e. The second kappa shape index (κ2) is 3.04. The van der Waals surface area contributed by atoms with Crippen LogP contribution < -0.4 is 0 Å². The predicted molar refractivity (Wildman–Crippen MR) is 25.8 cm³/mol. The van der Waals surface area contributed by atoms with Crippen LogP contribution in [0, 0.1) is 0 Å². The van der Waals surface area contributed by atoms with E-state index in [1.54, 1.807) is 0 Å². The lowest BCUT2D eigenvalue weighted by molar-refractivity contribution is 0.316. The molecule has 0 heterocycles. The number of nitrogens with zero attached hydrogens (tertiary/aromatic N) is 1. The summed E-state index contributed by atoms with van der Waals surface area (Å²) in [6, 6.07) is 0. The molecule has 0 amide bonds. The molecule has 0 radical (unpaired) electrons. The van der Waals surface area contributed by atoms with E-state index in [0.717, 1.165) is 0 Å². The fourth-order valence-corrected chi connectivity index (χ4v) is 0.0873. The number of alkyl halides is 2. The molecule has 0 saturated heterocycles. The van der Waals surface area contributed by atoms with Crippen molar-refractivity contribution in [3.8, 4) is 0 Å². The Labute approximate surface area is 49.5 Å². The summed E-state index contributed by atoms with van der Waals surface area (Å²) in [6.07, 6.45) is 0. The van der Waals surface area contributed by atoms with Crippen molar-refractivity contribution >= 4 is 28.4 Å². The van der Waals surface area contributed by atoms with Crippen molar-refractivity contribution in [3.63, 3.8) is 0 Å². The third-order valence-electron chi connectivity index (χ3n) is 0.276. The van der Waals surface area contributed by atoms with E-state index in [1.807, 2.05) is 0 Å². The van der Waals surface area contributed by atoms with E-state index >= 15 is 0 Å². The van der Waals surface area contributed by atoms with E-state index < -0.39 is 10.8 Å². The Morgan fingerprint density at radius 2 is 2.29 bits per heavy atom. The summed E-state index contributed by atoms with van der Waals surface area (Å²) < 4.78 is 11.4. The van der Waals surface area contributed by atoms with Gasteiger partial charge in [-0.25, -0.2) is 4.39 Å². The Bertz CT molecular complexity index is 83.8. The number of halogens is 3. The molecule has 1 atom stereocenters. The van der Waals surface area contributed by atoms with E-state index in [1.165, 1.54) is 0 Å². The van der Waals surface area contributed by atoms with Gasteiger partial charge in [-0.2, -0.15) is 0 Å². The molecule has 0 aliphatic carbocycles. The molecular formula is C2H2Cl2FNO. The van der Waals surface area contributed by atoms with Gasteiger partial charge >= 0.3 is 0 Å². The fourth-order valence-electron chi connectivity index (χ4n) is 0.0436. The molecule has 5 heteroatoms. The first-order valence-electron chi connectivity index (χ1n) is 1.34. The van der Waals surface area contributed by atoms with Crippen LogP contribution in [-0.2, 0) is 0 Å². The highest BCUT2D eigenvalue weighted by atomic mass is 35.5. The van der Waals surface area contributed by atoms with E-state index in [-0.39, 0.29) is 0 Å². The number of hydrogen-bond acceptors (Lipinski definition) is 2. The van der Waals surface area contributed by atoms with Crippen LogP contribution in [0.5, 0.6) is 0 Å². The largest absolute Gasteiger partial charge is 0.410 e. The van der Waals surface area contributed by atoms with Gasteiger partial charge in [0.05, 0.1) is 0 Å². The third kappa shape index (κ3) is 2.65. The molecule has 0 aliphatic rings. The molecule has 42 valence electrons. The van der Waals surface area contributed by atoms with Gasteiger partial charge < -0.3 is 5.21 Å². The molecule has 7 heavy (non-hydrogen) atoms. The SMILES string of the molecule is O/N=C(\Cl)C(F)Cl. The minimum absolute atomic E-state index is 0.651. The zero-order chi connectivity index (χ0) is 5.86. The Balaban J connectivity index is 3.56. The second-order valence-electron chi connectivity index (χ2n) is 0.723. The molecule has 0 aliphatic heterocycles. The van der Waals surface area contributed by atoms with E-state index in [4.69, 9.17) is 16.8 Å². The zero-order valence-electron chi connectivity index (χ0n) is 3.11. The van der Waals surface area contributed by atoms with E-state index in [0.29, 0.717) is 0 Å². The monoisotopic (exact) mass is 145 g/mol. The Hall–Kier alpha value is -0.0200. The van der Waals surface area contributed by atoms with Crippen LogP contribution in [0.2, 0.25) is 0 Å². The summed E-state index contributed by atoms with van der Waals surface area (Å²) in [5.41, 5.74) is -1.90. The minimum atomic E-state index is -1.90. The van der Waals surface area contributed by atoms with E-state index in [2.05, 4.69) is 16.8 Å². The van der Waals surface area contributed by atoms with Gasteiger partial charge in [-0.15, -0.1) is 0 Å². The molecule has 2 nitrogen and oxygen atoms in total. The highest BCUT2D eigenvalue weighted by Gasteiger charge is 2.05. The molecule has 0 spiro atoms. The first-order chi connectivity index (χ1) is 3.18. The van der Waals surface area contributed by atoms with Gasteiger partial charge in [0.25, 0.3) is 0 Å². The van der Waals surface area contributed by atoms with Gasteiger partial charge in [-0.05, 0) is 0 Å². The highest BCUT2D eigenvalue weighted by molar-refractivity contribution is 6.70. The van der Waals surface area contributed by atoms with Crippen LogP contribution in [-0.4, -0.2) is 16.0 Å². The van der Waals surface area contributed by atoms with Crippen LogP contribution in [0.3, 0.4) is 0 Å². The van der Waals surface area contributed by atoms with Crippen LogP contribution in [0.4, 0.5) is 4.39 Å². The van der Waals surface area contributed by atoms with Crippen molar-refractivity contribution in [2.75, 3.05) is 0 Å². The molecule has 0 saturated carbocycles. The highest BCUT2D eigenvalue weighted by Crippen LogP contribution is 2.02. The summed E-state index contributed by atoms with van der Waals surface area (Å²) in [5.74, 6) is 0. The fraction of sp³-hybridized carbons (Fsp3) is 0.500. The maximum Gasteiger partial charge on any atom is 0.229 e. The summed E-state index contributed by atoms with van der Waals surface area (Å²) in [4.78, 5) is 0. The standard InChI is InChI=1S/C2H2Cl2FNO/c3-1(5)2(4)6-7/h1,7H/b6-2-. The molecule has 0 bridgehead atoms. The summed E-state index contributed by atoms with van der Waals surface area (Å²) >= 11 is 9.43. The quantitative estimate of drug-likeness (QED) is 0.259. The molecular weight excluding hydrogens is 144 g/mol. The van der Waals surface area contributed by atoms with Gasteiger partial charge in [0, 0.05) is 0 Å². The van der Waals surface area contributed by atoms with Crippen LogP contribution >= 0.6 is 23.2 Å². The molecule has 0 fully saturated rings. The Kier molecular flexibility index (Phi) is 3.04. The van der Waals surface area contributed by atoms with E-state index in [9.17, 15) is 4.39 Å². The summed E-state index contributed by atoms with van der Waals surface area (Å²) in [5, 5.41) is 9.25. The second-order valence-corrected chi connectivity index (χ2v) is 1.49. The zero-order valence-corrected chi connectivity index (χ0v) is 4.62. The molecule has 1 N–H and O–H groups in total. The molecule has 0 aromatic rings. The van der Waals surface area contributed by atoms with Gasteiger partial charge in [0.1, 0.15) is 0 Å². The maximum atomic E-state index is 11.4. The van der Waals surface area contributed by atoms with Gasteiger partial charge in [0.15, 0.2) is 5.17 Å². The average molecular weight is 146 g/mol. The number of rotatable bonds is 1. The van der Waals surface area contributed by atoms with Crippen molar-refractivity contribution in [2.24, 2.45) is 5.16 Å². The molecule has 0 aromatic carbocycles. The average Bonchev–Trinajstić information content (AvgIpc) is 1.65.